The Kier molecular flexibility index (Phi) is 3.25. The maximum Gasteiger partial charge on any atom is 0.413 e. The fraction of sp³-hybridized carbons (Fsp3) is 0.0909. The second-order valence-corrected chi connectivity index (χ2v) is 3.32. The molecule has 2 rings (SSSR count). The van der Waals surface area contributed by atoms with Crippen LogP contribution in [0.15, 0.2) is 36.5 Å². The van der Waals surface area contributed by atoms with Crippen LogP contribution in [0.4, 0.5) is 10.6 Å². The van der Waals surface area contributed by atoms with E-state index in [0.717, 1.165) is 5.56 Å². The predicted molar refractivity (Wildman–Crippen MR) is 60.5 cm³/mol. The van der Waals surface area contributed by atoms with Gasteiger partial charge in [-0.1, -0.05) is 30.3 Å². The third kappa shape index (κ3) is 2.97. The van der Waals surface area contributed by atoms with Gasteiger partial charge in [0.25, 0.3) is 0 Å². The molecule has 0 aliphatic carbocycles. The van der Waals surface area contributed by atoms with Crippen molar-refractivity contribution in [3.63, 3.8) is 0 Å². The molecule has 0 bridgehead atoms. The summed E-state index contributed by atoms with van der Waals surface area (Å²) in [5.74, 6) is -0.0234. The number of aromatic nitrogens is 2. The highest BCUT2D eigenvalue weighted by Gasteiger charge is 2.08. The average Bonchev–Trinajstić information content (AvgIpc) is 2.74. The lowest BCUT2D eigenvalue weighted by molar-refractivity contribution is 0.155. The van der Waals surface area contributed by atoms with Crippen molar-refractivity contribution < 1.29 is 14.6 Å². The first-order valence-corrected chi connectivity index (χ1v) is 4.96. The van der Waals surface area contributed by atoms with Gasteiger partial charge in [0.2, 0.25) is 0 Å². The summed E-state index contributed by atoms with van der Waals surface area (Å²) in [6.07, 6.45) is 0.528. The van der Waals surface area contributed by atoms with Crippen LogP contribution in [0, 0.1) is 0 Å². The number of H-pyrrole nitrogens is 1. The van der Waals surface area contributed by atoms with Crippen molar-refractivity contribution in [3.8, 4) is 5.75 Å². The summed E-state index contributed by atoms with van der Waals surface area (Å²) in [7, 11) is 0. The Morgan fingerprint density at radius 3 is 2.82 bits per heavy atom. The summed E-state index contributed by atoms with van der Waals surface area (Å²) in [6, 6.07) is 9.29. The molecule has 1 aromatic carbocycles. The molecule has 0 saturated heterocycles. The second kappa shape index (κ2) is 5.02. The minimum Gasteiger partial charge on any atom is -0.503 e. The lowest BCUT2D eigenvalue weighted by Crippen LogP contribution is -2.13. The molecule has 1 heterocycles. The Balaban J connectivity index is 1.85. The van der Waals surface area contributed by atoms with Gasteiger partial charge in [-0.3, -0.25) is 10.4 Å². The number of carbonyl (C=O) groups is 1. The molecule has 2 aromatic rings. The van der Waals surface area contributed by atoms with Crippen LogP contribution in [0.25, 0.3) is 0 Å². The standard InChI is InChI=1S/C11H11N3O3/c15-9-6-12-14-10(9)13-11(16)17-7-8-4-2-1-3-5-8/h1-6,15H,7H2,(H2,12,13,14,16). The van der Waals surface area contributed by atoms with Gasteiger partial charge in [0, 0.05) is 0 Å². The average molecular weight is 233 g/mol. The van der Waals surface area contributed by atoms with E-state index < -0.39 is 6.09 Å². The number of carbonyl (C=O) groups excluding carboxylic acids is 1. The van der Waals surface area contributed by atoms with E-state index >= 15 is 0 Å². The first-order chi connectivity index (χ1) is 8.25. The van der Waals surface area contributed by atoms with Crippen LogP contribution >= 0.6 is 0 Å². The molecule has 1 amide bonds. The number of amides is 1. The SMILES string of the molecule is O=C(Nc1[nH]ncc1O)OCc1ccccc1. The fourth-order valence-electron chi connectivity index (χ4n) is 1.23. The number of nitrogens with zero attached hydrogens (tertiary/aromatic N) is 1. The Hall–Kier alpha value is -2.50. The van der Waals surface area contributed by atoms with Gasteiger partial charge in [0.1, 0.15) is 6.61 Å². The van der Waals surface area contributed by atoms with E-state index in [4.69, 9.17) is 4.74 Å². The van der Waals surface area contributed by atoms with E-state index in [9.17, 15) is 9.90 Å². The number of aromatic hydroxyl groups is 1. The zero-order valence-corrected chi connectivity index (χ0v) is 8.88. The smallest absolute Gasteiger partial charge is 0.413 e. The quantitative estimate of drug-likeness (QED) is 0.755. The summed E-state index contributed by atoms with van der Waals surface area (Å²) in [4.78, 5) is 11.3. The van der Waals surface area contributed by atoms with Gasteiger partial charge in [-0.25, -0.2) is 4.79 Å². The van der Waals surface area contributed by atoms with Crippen LogP contribution in [0.1, 0.15) is 5.56 Å². The summed E-state index contributed by atoms with van der Waals surface area (Å²) < 4.78 is 4.95. The number of benzene rings is 1. The van der Waals surface area contributed by atoms with Gasteiger partial charge in [-0.2, -0.15) is 5.10 Å². The molecular weight excluding hydrogens is 222 g/mol. The van der Waals surface area contributed by atoms with Crippen LogP contribution in [0.5, 0.6) is 5.75 Å². The number of hydrogen-bond donors (Lipinski definition) is 3. The molecule has 0 aliphatic heterocycles. The summed E-state index contributed by atoms with van der Waals surface area (Å²) in [5, 5.41) is 17.5. The Labute approximate surface area is 97.2 Å². The molecule has 6 heteroatoms. The first-order valence-electron chi connectivity index (χ1n) is 4.96. The van der Waals surface area contributed by atoms with Crippen LogP contribution in [0.3, 0.4) is 0 Å². The largest absolute Gasteiger partial charge is 0.503 e. The molecule has 17 heavy (non-hydrogen) atoms. The summed E-state index contributed by atoms with van der Waals surface area (Å²) in [5.41, 5.74) is 0.886. The molecule has 6 nitrogen and oxygen atoms in total. The van der Waals surface area contributed by atoms with Crippen molar-refractivity contribution in [2.45, 2.75) is 6.61 Å². The van der Waals surface area contributed by atoms with E-state index in [0.29, 0.717) is 0 Å². The van der Waals surface area contributed by atoms with Crippen LogP contribution < -0.4 is 5.32 Å². The zero-order chi connectivity index (χ0) is 12.1. The van der Waals surface area contributed by atoms with Crippen LogP contribution in [-0.2, 0) is 11.3 Å². The van der Waals surface area contributed by atoms with Gasteiger partial charge < -0.3 is 9.84 Å². The topological polar surface area (TPSA) is 87.2 Å². The minimum atomic E-state index is -0.659. The molecule has 0 saturated carbocycles. The van der Waals surface area contributed by atoms with Crippen LogP contribution in [0.2, 0.25) is 0 Å². The van der Waals surface area contributed by atoms with Crippen molar-refractivity contribution in [2.75, 3.05) is 5.32 Å². The molecule has 0 radical (unpaired) electrons. The van der Waals surface area contributed by atoms with Crippen molar-refractivity contribution in [2.24, 2.45) is 0 Å². The second-order valence-electron chi connectivity index (χ2n) is 3.32. The Morgan fingerprint density at radius 1 is 1.41 bits per heavy atom. The summed E-state index contributed by atoms with van der Waals surface area (Å²) >= 11 is 0. The number of aromatic amines is 1. The maximum atomic E-state index is 11.3. The normalized spacial score (nSPS) is 9.88. The molecule has 0 aliphatic rings. The molecule has 3 N–H and O–H groups in total. The highest BCUT2D eigenvalue weighted by Crippen LogP contribution is 2.17. The van der Waals surface area contributed by atoms with Gasteiger partial charge in [0.05, 0.1) is 6.20 Å². The monoisotopic (exact) mass is 233 g/mol. The lowest BCUT2D eigenvalue weighted by Gasteiger charge is -2.05. The maximum absolute atomic E-state index is 11.3. The lowest BCUT2D eigenvalue weighted by atomic mass is 10.2. The number of ether oxygens (including phenoxy) is 1. The zero-order valence-electron chi connectivity index (χ0n) is 8.88. The number of hydrogen-bond acceptors (Lipinski definition) is 4. The number of rotatable bonds is 3. The van der Waals surface area contributed by atoms with Gasteiger partial charge in [-0.15, -0.1) is 0 Å². The van der Waals surface area contributed by atoms with Crippen molar-refractivity contribution in [3.05, 3.63) is 42.1 Å². The van der Waals surface area contributed by atoms with Gasteiger partial charge in [0.15, 0.2) is 11.6 Å². The first kappa shape index (κ1) is 11.0. The van der Waals surface area contributed by atoms with E-state index in [1.165, 1.54) is 6.20 Å². The van der Waals surface area contributed by atoms with E-state index in [1.54, 1.807) is 0 Å². The van der Waals surface area contributed by atoms with E-state index in [2.05, 4.69) is 15.5 Å². The van der Waals surface area contributed by atoms with E-state index in [1.807, 2.05) is 30.3 Å². The van der Waals surface area contributed by atoms with Gasteiger partial charge in [-0.05, 0) is 5.56 Å². The minimum absolute atomic E-state index is 0.114. The number of nitrogens with one attached hydrogen (secondary N) is 2. The third-order valence-electron chi connectivity index (χ3n) is 2.06. The highest BCUT2D eigenvalue weighted by molar-refractivity contribution is 5.84. The fourth-order valence-corrected chi connectivity index (χ4v) is 1.23. The molecule has 0 unspecified atom stereocenters. The Morgan fingerprint density at radius 2 is 2.18 bits per heavy atom. The third-order valence-corrected chi connectivity index (χ3v) is 2.06. The summed E-state index contributed by atoms with van der Waals surface area (Å²) in [6.45, 7) is 0.168. The van der Waals surface area contributed by atoms with Crippen LogP contribution in [-0.4, -0.2) is 21.4 Å². The molecule has 1 aromatic heterocycles. The van der Waals surface area contributed by atoms with Gasteiger partial charge >= 0.3 is 6.09 Å². The highest BCUT2D eigenvalue weighted by atomic mass is 16.5. The predicted octanol–water partition coefficient (Wildman–Crippen LogP) is 1.86. The van der Waals surface area contributed by atoms with E-state index in [-0.39, 0.29) is 18.2 Å². The Bertz CT molecular complexity index is 496. The molecule has 0 atom stereocenters. The van der Waals surface area contributed by atoms with Crippen molar-refractivity contribution in [1.82, 2.24) is 10.2 Å². The van der Waals surface area contributed by atoms with Crippen molar-refractivity contribution >= 4 is 11.9 Å². The molecule has 0 fully saturated rings. The van der Waals surface area contributed by atoms with Crippen molar-refractivity contribution in [1.29, 1.82) is 0 Å². The number of anilines is 1. The molecular formula is C11H11N3O3. The molecule has 0 spiro atoms. The molecule has 88 valence electrons.